The zero-order valence-electron chi connectivity index (χ0n) is 7.36. The molecule has 3 atom stereocenters. The minimum absolute atomic E-state index is 0.161. The van der Waals surface area contributed by atoms with Crippen LogP contribution in [0, 0.1) is 23.2 Å². The van der Waals surface area contributed by atoms with Gasteiger partial charge in [-0.05, 0) is 19.8 Å². The van der Waals surface area contributed by atoms with Gasteiger partial charge in [0.2, 0.25) is 0 Å². The highest BCUT2D eigenvalue weighted by atomic mass is 16.5. The molecule has 1 heterocycles. The molecule has 12 heavy (non-hydrogen) atoms. The van der Waals surface area contributed by atoms with Crippen molar-refractivity contribution in [3.63, 3.8) is 0 Å². The predicted octanol–water partition coefficient (Wildman–Crippen LogP) is 0.934. The van der Waals surface area contributed by atoms with E-state index < -0.39 is 6.10 Å². The van der Waals surface area contributed by atoms with E-state index in [1.54, 1.807) is 6.92 Å². The van der Waals surface area contributed by atoms with Crippen LogP contribution in [0.15, 0.2) is 0 Å². The van der Waals surface area contributed by atoms with Crippen molar-refractivity contribution in [2.24, 2.45) is 11.8 Å². The first-order valence-corrected chi connectivity index (χ1v) is 4.41. The van der Waals surface area contributed by atoms with Crippen LogP contribution in [0.1, 0.15) is 19.8 Å². The van der Waals surface area contributed by atoms with Crippen molar-refractivity contribution in [3.8, 4) is 6.07 Å². The van der Waals surface area contributed by atoms with Crippen molar-refractivity contribution in [1.82, 2.24) is 0 Å². The van der Waals surface area contributed by atoms with E-state index in [1.807, 2.05) is 0 Å². The fourth-order valence-electron chi connectivity index (χ4n) is 1.52. The Morgan fingerprint density at radius 1 is 1.67 bits per heavy atom. The monoisotopic (exact) mass is 169 g/mol. The number of nitriles is 1. The molecule has 3 nitrogen and oxygen atoms in total. The second kappa shape index (κ2) is 4.44. The van der Waals surface area contributed by atoms with E-state index in [4.69, 9.17) is 10.00 Å². The Hall–Kier alpha value is -0.590. The number of hydrogen-bond acceptors (Lipinski definition) is 3. The molecule has 0 saturated carbocycles. The third-order valence-corrected chi connectivity index (χ3v) is 2.39. The molecule has 68 valence electrons. The summed E-state index contributed by atoms with van der Waals surface area (Å²) in [7, 11) is 0. The average Bonchev–Trinajstić information content (AvgIpc) is 2.17. The predicted molar refractivity (Wildman–Crippen MR) is 44.3 cm³/mol. The Morgan fingerprint density at radius 2 is 2.42 bits per heavy atom. The van der Waals surface area contributed by atoms with E-state index in [2.05, 4.69) is 6.07 Å². The first-order valence-electron chi connectivity index (χ1n) is 4.41. The molecule has 0 radical (unpaired) electrons. The molecule has 0 bridgehead atoms. The van der Waals surface area contributed by atoms with E-state index in [0.717, 1.165) is 19.4 Å². The van der Waals surface area contributed by atoms with Gasteiger partial charge < -0.3 is 9.84 Å². The van der Waals surface area contributed by atoms with E-state index in [0.29, 0.717) is 6.61 Å². The van der Waals surface area contributed by atoms with Gasteiger partial charge >= 0.3 is 0 Å². The van der Waals surface area contributed by atoms with Crippen molar-refractivity contribution in [2.75, 3.05) is 13.2 Å². The lowest BCUT2D eigenvalue weighted by atomic mass is 9.89. The second-order valence-corrected chi connectivity index (χ2v) is 3.39. The number of nitrogens with zero attached hydrogens (tertiary/aromatic N) is 1. The van der Waals surface area contributed by atoms with E-state index in [1.165, 1.54) is 0 Å². The zero-order valence-corrected chi connectivity index (χ0v) is 7.36. The summed E-state index contributed by atoms with van der Waals surface area (Å²) < 4.78 is 5.23. The van der Waals surface area contributed by atoms with Crippen molar-refractivity contribution in [2.45, 2.75) is 25.9 Å². The van der Waals surface area contributed by atoms with Gasteiger partial charge in [0, 0.05) is 12.5 Å². The molecule has 3 heteroatoms. The average molecular weight is 169 g/mol. The van der Waals surface area contributed by atoms with Gasteiger partial charge in [-0.25, -0.2) is 0 Å². The first kappa shape index (κ1) is 9.50. The molecule has 1 aliphatic rings. The first-order chi connectivity index (χ1) is 5.75. The molecule has 1 aliphatic heterocycles. The third kappa shape index (κ3) is 2.20. The number of rotatable bonds is 2. The van der Waals surface area contributed by atoms with Gasteiger partial charge in [-0.2, -0.15) is 5.26 Å². The molecule has 0 aliphatic carbocycles. The molecule has 3 unspecified atom stereocenters. The van der Waals surface area contributed by atoms with Gasteiger partial charge in [0.15, 0.2) is 0 Å². The highest BCUT2D eigenvalue weighted by molar-refractivity contribution is 4.88. The highest BCUT2D eigenvalue weighted by Gasteiger charge is 2.26. The van der Waals surface area contributed by atoms with Crippen LogP contribution in [0.2, 0.25) is 0 Å². The Balaban J connectivity index is 2.40. The Bertz CT molecular complexity index is 170. The summed E-state index contributed by atoms with van der Waals surface area (Å²) in [6.07, 6.45) is 1.46. The molecule has 0 amide bonds. The topological polar surface area (TPSA) is 53.2 Å². The van der Waals surface area contributed by atoms with Crippen molar-refractivity contribution < 1.29 is 9.84 Å². The summed E-state index contributed by atoms with van der Waals surface area (Å²) >= 11 is 0. The quantitative estimate of drug-likeness (QED) is 0.669. The van der Waals surface area contributed by atoms with Crippen molar-refractivity contribution in [1.29, 1.82) is 5.26 Å². The van der Waals surface area contributed by atoms with Crippen LogP contribution in [-0.2, 0) is 4.74 Å². The molecule has 1 fully saturated rings. The summed E-state index contributed by atoms with van der Waals surface area (Å²) in [5, 5.41) is 18.2. The standard InChI is InChI=1S/C9H15NO2/c1-7(5-10)9(11)8-3-2-4-12-6-8/h7-9,11H,2-4,6H2,1H3. The minimum Gasteiger partial charge on any atom is -0.391 e. The Labute approximate surface area is 73.0 Å². The number of ether oxygens (including phenoxy) is 1. The van der Waals surface area contributed by atoms with Crippen LogP contribution < -0.4 is 0 Å². The molecule has 1 N–H and O–H groups in total. The number of aliphatic hydroxyl groups excluding tert-OH is 1. The highest BCUT2D eigenvalue weighted by Crippen LogP contribution is 2.21. The van der Waals surface area contributed by atoms with Crippen LogP contribution in [-0.4, -0.2) is 24.4 Å². The van der Waals surface area contributed by atoms with Gasteiger partial charge in [-0.3, -0.25) is 0 Å². The van der Waals surface area contributed by atoms with Crippen LogP contribution in [0.4, 0.5) is 0 Å². The Kier molecular flexibility index (Phi) is 3.51. The fraction of sp³-hybridized carbons (Fsp3) is 0.889. The van der Waals surface area contributed by atoms with Gasteiger partial charge in [0.25, 0.3) is 0 Å². The zero-order chi connectivity index (χ0) is 8.97. The van der Waals surface area contributed by atoms with Crippen LogP contribution in [0.25, 0.3) is 0 Å². The maximum atomic E-state index is 9.64. The van der Waals surface area contributed by atoms with Crippen molar-refractivity contribution >= 4 is 0 Å². The largest absolute Gasteiger partial charge is 0.391 e. The summed E-state index contributed by atoms with van der Waals surface area (Å²) in [5.41, 5.74) is 0. The number of hydrogen-bond donors (Lipinski definition) is 1. The molecule has 1 saturated heterocycles. The van der Waals surface area contributed by atoms with Gasteiger partial charge in [-0.15, -0.1) is 0 Å². The van der Waals surface area contributed by atoms with E-state index in [9.17, 15) is 5.11 Å². The minimum atomic E-state index is -0.518. The molecule has 0 aromatic heterocycles. The second-order valence-electron chi connectivity index (χ2n) is 3.39. The van der Waals surface area contributed by atoms with E-state index in [-0.39, 0.29) is 11.8 Å². The summed E-state index contributed by atoms with van der Waals surface area (Å²) in [6.45, 7) is 3.15. The molecule has 0 aromatic carbocycles. The maximum absolute atomic E-state index is 9.64. The summed E-state index contributed by atoms with van der Waals surface area (Å²) in [4.78, 5) is 0. The normalized spacial score (nSPS) is 28.9. The van der Waals surface area contributed by atoms with E-state index >= 15 is 0 Å². The molecule has 1 rings (SSSR count). The van der Waals surface area contributed by atoms with Crippen LogP contribution in [0.5, 0.6) is 0 Å². The fourth-order valence-corrected chi connectivity index (χ4v) is 1.52. The lowest BCUT2D eigenvalue weighted by Crippen LogP contribution is -2.33. The third-order valence-electron chi connectivity index (χ3n) is 2.39. The lowest BCUT2D eigenvalue weighted by Gasteiger charge is -2.27. The van der Waals surface area contributed by atoms with Gasteiger partial charge in [-0.1, -0.05) is 0 Å². The van der Waals surface area contributed by atoms with Crippen molar-refractivity contribution in [3.05, 3.63) is 0 Å². The van der Waals surface area contributed by atoms with Crippen LogP contribution >= 0.6 is 0 Å². The van der Waals surface area contributed by atoms with Crippen LogP contribution in [0.3, 0.4) is 0 Å². The molecular formula is C9H15NO2. The molecular weight excluding hydrogens is 154 g/mol. The smallest absolute Gasteiger partial charge is 0.0745 e. The molecule has 0 spiro atoms. The summed E-state index contributed by atoms with van der Waals surface area (Å²) in [6, 6.07) is 2.06. The number of aliphatic hydroxyl groups is 1. The Morgan fingerprint density at radius 3 is 2.92 bits per heavy atom. The van der Waals surface area contributed by atoms with Gasteiger partial charge in [0.05, 0.1) is 24.7 Å². The SMILES string of the molecule is CC(C#N)C(O)C1CCCOC1. The maximum Gasteiger partial charge on any atom is 0.0745 e. The van der Waals surface area contributed by atoms with Gasteiger partial charge in [0.1, 0.15) is 0 Å². The molecule has 0 aromatic rings. The summed E-state index contributed by atoms with van der Waals surface area (Å²) in [5.74, 6) is -0.120. The lowest BCUT2D eigenvalue weighted by molar-refractivity contribution is -0.0209.